The second-order valence-electron chi connectivity index (χ2n) is 7.29. The number of hydrogen-bond acceptors (Lipinski definition) is 4. The number of nitrogens with one attached hydrogen (secondary N) is 1. The van der Waals surface area contributed by atoms with Gasteiger partial charge >= 0.3 is 0 Å². The van der Waals surface area contributed by atoms with E-state index in [-0.39, 0.29) is 24.2 Å². The van der Waals surface area contributed by atoms with Gasteiger partial charge in [-0.3, -0.25) is 9.59 Å². The molecule has 0 radical (unpaired) electrons. The van der Waals surface area contributed by atoms with Crippen LogP contribution in [0.2, 0.25) is 0 Å². The zero-order valence-electron chi connectivity index (χ0n) is 17.6. The molecule has 1 N–H and O–H groups in total. The highest BCUT2D eigenvalue weighted by atomic mass is 19.1. The van der Waals surface area contributed by atoms with E-state index < -0.39 is 0 Å². The lowest BCUT2D eigenvalue weighted by Crippen LogP contribution is -2.35. The van der Waals surface area contributed by atoms with Gasteiger partial charge in [0.2, 0.25) is 5.91 Å². The molecule has 32 heavy (non-hydrogen) atoms. The highest BCUT2D eigenvalue weighted by Gasteiger charge is 2.24. The summed E-state index contributed by atoms with van der Waals surface area (Å²) in [5.41, 5.74) is 1.86. The number of anilines is 1. The first-order chi connectivity index (χ1) is 15.4. The first-order valence-corrected chi connectivity index (χ1v) is 9.87. The molecular formula is C23H21FN6O2. The molecule has 4 aromatic rings. The third-order valence-corrected chi connectivity index (χ3v) is 4.80. The maximum Gasteiger partial charge on any atom is 0.259 e. The summed E-state index contributed by atoms with van der Waals surface area (Å²) >= 11 is 0. The van der Waals surface area contributed by atoms with Crippen molar-refractivity contribution in [2.75, 3.05) is 18.9 Å². The van der Waals surface area contributed by atoms with Gasteiger partial charge in [-0.1, -0.05) is 0 Å². The van der Waals surface area contributed by atoms with Crippen molar-refractivity contribution in [3.63, 3.8) is 0 Å². The van der Waals surface area contributed by atoms with Crippen molar-refractivity contribution >= 4 is 17.6 Å². The monoisotopic (exact) mass is 432 g/mol. The Kier molecular flexibility index (Phi) is 5.80. The van der Waals surface area contributed by atoms with E-state index >= 15 is 0 Å². The SMILES string of the molecule is Cc1ccnc(NC(=O)CN(C)C(=O)c2cnn(-c3ccc(F)cc3)c2-n2cccc2)c1. The van der Waals surface area contributed by atoms with Gasteiger partial charge in [-0.2, -0.15) is 5.10 Å². The number of amides is 2. The molecule has 0 aliphatic rings. The highest BCUT2D eigenvalue weighted by Crippen LogP contribution is 2.21. The Labute approximate surface area is 183 Å². The van der Waals surface area contributed by atoms with Crippen molar-refractivity contribution in [2.24, 2.45) is 0 Å². The number of carbonyl (C=O) groups excluding carboxylic acids is 2. The van der Waals surface area contributed by atoms with Crippen molar-refractivity contribution in [1.29, 1.82) is 0 Å². The van der Waals surface area contributed by atoms with Crippen molar-refractivity contribution in [2.45, 2.75) is 6.92 Å². The van der Waals surface area contributed by atoms with Gasteiger partial charge in [0.15, 0.2) is 5.82 Å². The lowest BCUT2D eigenvalue weighted by molar-refractivity contribution is -0.116. The van der Waals surface area contributed by atoms with Crippen molar-refractivity contribution < 1.29 is 14.0 Å². The van der Waals surface area contributed by atoms with Gasteiger partial charge in [0.05, 0.1) is 18.4 Å². The lowest BCUT2D eigenvalue weighted by Gasteiger charge is -2.17. The molecule has 8 nitrogen and oxygen atoms in total. The first-order valence-electron chi connectivity index (χ1n) is 9.87. The fourth-order valence-electron chi connectivity index (χ4n) is 3.27. The van der Waals surface area contributed by atoms with Crippen LogP contribution >= 0.6 is 0 Å². The zero-order chi connectivity index (χ0) is 22.7. The summed E-state index contributed by atoms with van der Waals surface area (Å²) in [6.07, 6.45) is 6.61. The van der Waals surface area contributed by atoms with Gasteiger partial charge in [0.1, 0.15) is 17.2 Å². The minimum Gasteiger partial charge on any atom is -0.332 e. The van der Waals surface area contributed by atoms with E-state index in [4.69, 9.17) is 0 Å². The predicted octanol–water partition coefficient (Wildman–Crippen LogP) is 3.22. The van der Waals surface area contributed by atoms with Gasteiger partial charge < -0.3 is 14.8 Å². The number of hydrogen-bond donors (Lipinski definition) is 1. The number of carbonyl (C=O) groups is 2. The minimum atomic E-state index is -0.380. The third kappa shape index (κ3) is 4.41. The molecule has 0 unspecified atom stereocenters. The fraction of sp³-hybridized carbons (Fsp3) is 0.130. The quantitative estimate of drug-likeness (QED) is 0.507. The van der Waals surface area contributed by atoms with Crippen LogP contribution in [-0.2, 0) is 4.79 Å². The summed E-state index contributed by atoms with van der Waals surface area (Å²) in [6.45, 7) is 1.73. The van der Waals surface area contributed by atoms with Crippen LogP contribution in [0.1, 0.15) is 15.9 Å². The average Bonchev–Trinajstić information content (AvgIpc) is 3.43. The molecule has 0 bridgehead atoms. The minimum absolute atomic E-state index is 0.165. The topological polar surface area (TPSA) is 85.1 Å². The Balaban J connectivity index is 1.59. The first kappa shape index (κ1) is 21.0. The van der Waals surface area contributed by atoms with Crippen LogP contribution < -0.4 is 5.32 Å². The second kappa shape index (κ2) is 8.84. The predicted molar refractivity (Wildman–Crippen MR) is 117 cm³/mol. The molecule has 1 aromatic carbocycles. The second-order valence-corrected chi connectivity index (χ2v) is 7.29. The molecule has 2 amide bonds. The molecule has 0 aliphatic carbocycles. The van der Waals surface area contributed by atoms with Gasteiger partial charge in [-0.25, -0.2) is 14.1 Å². The van der Waals surface area contributed by atoms with Gasteiger partial charge in [-0.05, 0) is 61.0 Å². The zero-order valence-corrected chi connectivity index (χ0v) is 17.6. The van der Waals surface area contributed by atoms with E-state index in [1.165, 1.54) is 23.2 Å². The maximum atomic E-state index is 13.4. The van der Waals surface area contributed by atoms with Crippen molar-refractivity contribution in [1.82, 2.24) is 24.2 Å². The average molecular weight is 432 g/mol. The summed E-state index contributed by atoms with van der Waals surface area (Å²) < 4.78 is 16.7. The molecule has 0 spiro atoms. The Morgan fingerprint density at radius 2 is 1.84 bits per heavy atom. The molecule has 0 saturated carbocycles. The Morgan fingerprint density at radius 1 is 1.12 bits per heavy atom. The summed E-state index contributed by atoms with van der Waals surface area (Å²) in [6, 6.07) is 13.0. The number of halogens is 1. The highest BCUT2D eigenvalue weighted by molar-refractivity contribution is 6.00. The molecule has 9 heteroatoms. The van der Waals surface area contributed by atoms with Crippen LogP contribution in [0.5, 0.6) is 0 Å². The molecule has 0 saturated heterocycles. The van der Waals surface area contributed by atoms with Gasteiger partial charge in [0, 0.05) is 25.6 Å². The van der Waals surface area contributed by atoms with Crippen molar-refractivity contribution in [3.8, 4) is 11.5 Å². The summed E-state index contributed by atoms with van der Waals surface area (Å²) in [5.74, 6) is -0.206. The normalized spacial score (nSPS) is 10.7. The van der Waals surface area contributed by atoms with Crippen LogP contribution in [0, 0.1) is 12.7 Å². The summed E-state index contributed by atoms with van der Waals surface area (Å²) in [5, 5.41) is 7.04. The summed E-state index contributed by atoms with van der Waals surface area (Å²) in [4.78, 5) is 31.1. The van der Waals surface area contributed by atoms with Crippen molar-refractivity contribution in [3.05, 3.63) is 90.3 Å². The van der Waals surface area contributed by atoms with E-state index in [9.17, 15) is 14.0 Å². The number of likely N-dealkylation sites (N-methyl/N-ethyl adjacent to an activating group) is 1. The van der Waals surface area contributed by atoms with Crippen LogP contribution in [0.3, 0.4) is 0 Å². The van der Waals surface area contributed by atoms with Crippen LogP contribution in [0.25, 0.3) is 11.5 Å². The van der Waals surface area contributed by atoms with E-state index in [0.717, 1.165) is 5.56 Å². The number of aromatic nitrogens is 4. The molecular weight excluding hydrogens is 411 g/mol. The molecule has 162 valence electrons. The largest absolute Gasteiger partial charge is 0.332 e. The van der Waals surface area contributed by atoms with Gasteiger partial charge in [0.25, 0.3) is 5.91 Å². The number of benzene rings is 1. The standard InChI is InChI=1S/C23H21FN6O2/c1-16-9-10-25-20(13-16)27-21(31)15-28(2)23(32)19-14-26-30(18-7-5-17(24)6-8-18)22(19)29-11-3-4-12-29/h3-14H,15H2,1-2H3,(H,25,27,31). The Hall–Kier alpha value is -4.27. The van der Waals surface area contributed by atoms with Crippen LogP contribution in [0.4, 0.5) is 10.2 Å². The van der Waals surface area contributed by atoms with E-state index in [0.29, 0.717) is 22.9 Å². The number of pyridine rings is 1. The number of aryl methyl sites for hydroxylation is 1. The summed E-state index contributed by atoms with van der Waals surface area (Å²) in [7, 11) is 1.54. The Bertz CT molecular complexity index is 1250. The lowest BCUT2D eigenvalue weighted by atomic mass is 10.2. The maximum absolute atomic E-state index is 13.4. The molecule has 3 heterocycles. The van der Waals surface area contributed by atoms with Crippen LogP contribution in [0.15, 0.2) is 73.3 Å². The third-order valence-electron chi connectivity index (χ3n) is 4.80. The molecule has 0 atom stereocenters. The van der Waals surface area contributed by atoms with E-state index in [1.807, 2.05) is 25.1 Å². The van der Waals surface area contributed by atoms with E-state index in [2.05, 4.69) is 15.4 Å². The fourth-order valence-corrected chi connectivity index (χ4v) is 3.27. The smallest absolute Gasteiger partial charge is 0.259 e. The van der Waals surface area contributed by atoms with E-state index in [1.54, 1.807) is 53.1 Å². The van der Waals surface area contributed by atoms with Gasteiger partial charge in [-0.15, -0.1) is 0 Å². The molecule has 3 aromatic heterocycles. The Morgan fingerprint density at radius 3 is 2.53 bits per heavy atom. The molecule has 4 rings (SSSR count). The molecule has 0 fully saturated rings. The number of nitrogens with zero attached hydrogens (tertiary/aromatic N) is 5. The number of rotatable bonds is 6. The van der Waals surface area contributed by atoms with Crippen LogP contribution in [-0.4, -0.2) is 49.6 Å². The molecule has 0 aliphatic heterocycles.